The van der Waals surface area contributed by atoms with E-state index in [1.807, 2.05) is 24.3 Å². The van der Waals surface area contributed by atoms with Gasteiger partial charge in [-0.3, -0.25) is 48.1 Å². The second kappa shape index (κ2) is 29.8. The van der Waals surface area contributed by atoms with E-state index in [1.165, 1.54) is 37.7 Å². The molecule has 0 bridgehead atoms. The minimum absolute atomic E-state index is 0.0678. The fourth-order valence-corrected chi connectivity index (χ4v) is 9.56. The molecule has 1 aliphatic carbocycles. The predicted octanol–water partition coefficient (Wildman–Crippen LogP) is 4.56. The topological polar surface area (TPSA) is 318 Å². The van der Waals surface area contributed by atoms with Crippen molar-refractivity contribution in [1.29, 1.82) is 0 Å². The number of carbonyl (C=O) groups excluding carboxylic acids is 9. The highest BCUT2D eigenvalue weighted by Crippen LogP contribution is 2.36. The molecule has 23 nitrogen and oxygen atoms in total. The van der Waals surface area contributed by atoms with E-state index in [-0.39, 0.29) is 94.1 Å². The largest absolute Gasteiger partial charge is 0.493 e. The van der Waals surface area contributed by atoms with E-state index in [0.29, 0.717) is 97.6 Å². The molecule has 0 spiro atoms. The summed E-state index contributed by atoms with van der Waals surface area (Å²) in [5, 5.41) is 19.3. The van der Waals surface area contributed by atoms with Gasteiger partial charge in [-0.05, 0) is 90.8 Å². The molecule has 3 aliphatic rings. The van der Waals surface area contributed by atoms with Gasteiger partial charge in [0.1, 0.15) is 12.6 Å². The van der Waals surface area contributed by atoms with Gasteiger partial charge < -0.3 is 60.7 Å². The number of unbranched alkanes of at least 4 members (excludes halogenated alkanes) is 2. The van der Waals surface area contributed by atoms with Crippen molar-refractivity contribution in [1.82, 2.24) is 25.8 Å². The molecule has 2 aromatic carbocycles. The Bertz CT molecular complexity index is 2840. The Hall–Kier alpha value is -8.54. The molecule has 7 N–H and O–H groups in total. The number of hydrogen-bond donors (Lipinski definition) is 6. The molecule has 0 saturated carbocycles. The second-order valence-corrected chi connectivity index (χ2v) is 19.6. The number of benzene rings is 2. The Morgan fingerprint density at radius 1 is 0.747 bits per heavy atom. The number of aliphatic carboxylic acids is 1. The standard InChI is InChI=1S/C55H65N7O16S/c1-74-42-26-36-31-61(49(66)19-20-52(69)70)32-37(36)27-44(42)77-25-7-24-76-41-16-12-35-28-46(79-45(35)29-43(41)75-2)40(63)15-21-53(71)78-33-34-10-13-38(14-11-34)59-54(72)39(8-6-22-57-55(56)73)60-48(65)30-58-47(64)9-4-3-5-23-62-50(67)17-18-51(62)68/h10-11,13-14,16-18,26-29,39H,3-9,12,15,19-25,30-33H2,1-2H3,(H,58,64)(H,59,72)(H,60,65)(H,69,70)(H3,56,57,73)/t39-/m0/s1. The van der Waals surface area contributed by atoms with Crippen LogP contribution in [0.2, 0.25) is 0 Å². The van der Waals surface area contributed by atoms with Crippen molar-refractivity contribution in [2.24, 2.45) is 5.73 Å². The lowest BCUT2D eigenvalue weighted by Crippen LogP contribution is -2.47. The summed E-state index contributed by atoms with van der Waals surface area (Å²) in [5.74, 6) is -2.28. The zero-order valence-corrected chi connectivity index (χ0v) is 44.8. The molecule has 0 unspecified atom stereocenters. The van der Waals surface area contributed by atoms with E-state index in [2.05, 4.69) is 21.3 Å². The van der Waals surface area contributed by atoms with Crippen LogP contribution in [0.3, 0.4) is 0 Å². The Morgan fingerprint density at radius 2 is 1.47 bits per heavy atom. The first kappa shape index (κ1) is 59.7. The first-order valence-corrected chi connectivity index (χ1v) is 26.6. The second-order valence-electron chi connectivity index (χ2n) is 18.5. The lowest BCUT2D eigenvalue weighted by molar-refractivity contribution is -0.145. The number of carboxylic acids is 1. The number of allylic oxidation sites excluding steroid dienone is 1. The van der Waals surface area contributed by atoms with Gasteiger partial charge in [0.15, 0.2) is 28.8 Å². The molecule has 422 valence electrons. The van der Waals surface area contributed by atoms with Crippen molar-refractivity contribution in [3.8, 4) is 11.5 Å². The van der Waals surface area contributed by atoms with Gasteiger partial charge in [-0.1, -0.05) is 18.6 Å². The molecule has 3 aromatic rings. The number of hydrogen-bond acceptors (Lipinski definition) is 16. The Morgan fingerprint density at radius 3 is 2.16 bits per heavy atom. The number of ether oxygens (including phenoxy) is 5. The molecule has 24 heteroatoms. The van der Waals surface area contributed by atoms with E-state index in [4.69, 9.17) is 34.5 Å². The Labute approximate surface area is 459 Å². The number of nitrogens with one attached hydrogen (secondary N) is 4. The van der Waals surface area contributed by atoms with Crippen molar-refractivity contribution in [3.05, 3.63) is 104 Å². The molecule has 0 radical (unpaired) electrons. The van der Waals surface area contributed by atoms with Crippen LogP contribution >= 0.6 is 11.3 Å². The van der Waals surface area contributed by atoms with E-state index in [0.717, 1.165) is 26.5 Å². The number of esters is 1. The maximum Gasteiger partial charge on any atom is 0.312 e. The molecule has 0 saturated heterocycles. The number of primary amides is 1. The summed E-state index contributed by atoms with van der Waals surface area (Å²) < 4.78 is 28.8. The van der Waals surface area contributed by atoms with Gasteiger partial charge in [0.2, 0.25) is 23.6 Å². The van der Waals surface area contributed by atoms with E-state index in [1.54, 1.807) is 35.2 Å². The number of carbonyl (C=O) groups is 10. The van der Waals surface area contributed by atoms with Crippen molar-refractivity contribution >= 4 is 82.3 Å². The Balaban J connectivity index is 0.887. The summed E-state index contributed by atoms with van der Waals surface area (Å²) in [5.41, 5.74) is 8.85. The van der Waals surface area contributed by atoms with Gasteiger partial charge in [0, 0.05) is 80.7 Å². The van der Waals surface area contributed by atoms with Crippen molar-refractivity contribution in [3.63, 3.8) is 0 Å². The summed E-state index contributed by atoms with van der Waals surface area (Å²) in [7, 11) is 3.06. The summed E-state index contributed by atoms with van der Waals surface area (Å²) in [4.78, 5) is 127. The fraction of sp³-hybridized carbons (Fsp3) is 0.418. The number of methoxy groups -OCH3 is 2. The Kier molecular flexibility index (Phi) is 22.5. The maximum absolute atomic E-state index is 13.3. The summed E-state index contributed by atoms with van der Waals surface area (Å²) in [6.07, 6.45) is 8.68. The smallest absolute Gasteiger partial charge is 0.312 e. The van der Waals surface area contributed by atoms with Gasteiger partial charge in [-0.25, -0.2) is 4.79 Å². The molecule has 3 heterocycles. The van der Waals surface area contributed by atoms with E-state index < -0.39 is 42.4 Å². The zero-order chi connectivity index (χ0) is 56.8. The number of imide groups is 1. The van der Waals surface area contributed by atoms with Crippen molar-refractivity contribution < 1.29 is 76.7 Å². The van der Waals surface area contributed by atoms with Crippen molar-refractivity contribution in [2.45, 2.75) is 103 Å². The van der Waals surface area contributed by atoms with Crippen LogP contribution < -0.4 is 36.5 Å². The van der Waals surface area contributed by atoms with E-state index >= 15 is 0 Å². The molecule has 79 heavy (non-hydrogen) atoms. The number of anilines is 1. The van der Waals surface area contributed by atoms with Crippen molar-refractivity contribution in [2.75, 3.05) is 52.4 Å². The number of Topliss-reactive ketones (excluding diaryl/α,β-unsaturated/α-hetero) is 1. The number of ketones is 1. The van der Waals surface area contributed by atoms with Crippen LogP contribution in [0, 0.1) is 0 Å². The van der Waals surface area contributed by atoms with Gasteiger partial charge in [0.25, 0.3) is 11.8 Å². The zero-order valence-electron chi connectivity index (χ0n) is 44.0. The van der Waals surface area contributed by atoms with Gasteiger partial charge in [-0.2, -0.15) is 0 Å². The third kappa shape index (κ3) is 18.6. The summed E-state index contributed by atoms with van der Waals surface area (Å²) in [6.45, 7) is 1.25. The molecular formula is C55H65N7O16S. The molecule has 1 aromatic heterocycles. The molecule has 0 fully saturated rings. The minimum Gasteiger partial charge on any atom is -0.493 e. The molecule has 2 aliphatic heterocycles. The molecule has 6 rings (SSSR count). The van der Waals surface area contributed by atoms with Crippen LogP contribution in [0.25, 0.3) is 6.08 Å². The van der Waals surface area contributed by atoms with Gasteiger partial charge >= 0.3 is 18.0 Å². The first-order chi connectivity index (χ1) is 38.0. The minimum atomic E-state index is -1.04. The molecular weight excluding hydrogens is 1050 g/mol. The fourth-order valence-electron chi connectivity index (χ4n) is 8.47. The molecule has 8 amide bonds. The highest BCUT2D eigenvalue weighted by atomic mass is 32.1. The SMILES string of the molecule is COC1=Cc2sc(C(=O)CCC(=O)OCc3ccc(NC(=O)[C@H](CCCNC(N)=O)NC(=O)CNC(=O)CCCCCN4C(=O)C=CC4=O)cc3)cc2CC=C1OCCCOc1cc2c(cc1OC)CN(C(=O)CCC(=O)O)C2. The highest BCUT2D eigenvalue weighted by molar-refractivity contribution is 7.15. The monoisotopic (exact) mass is 1110 g/mol. The average molecular weight is 1110 g/mol. The van der Waals surface area contributed by atoms with Crippen LogP contribution in [-0.4, -0.2) is 127 Å². The highest BCUT2D eigenvalue weighted by Gasteiger charge is 2.27. The van der Waals surface area contributed by atoms with Crippen LogP contribution in [0.15, 0.2) is 72.2 Å². The normalized spacial score (nSPS) is 13.7. The quantitative estimate of drug-likeness (QED) is 0.0216. The summed E-state index contributed by atoms with van der Waals surface area (Å²) >= 11 is 1.29. The summed E-state index contributed by atoms with van der Waals surface area (Å²) in [6, 6.07) is 10.2. The number of fused-ring (bicyclic) bond motifs is 2. The third-order valence-electron chi connectivity index (χ3n) is 12.7. The number of thiophene rings is 1. The average Bonchev–Trinajstić information content (AvgIpc) is 4.11. The lowest BCUT2D eigenvalue weighted by atomic mass is 10.1. The van der Waals surface area contributed by atoms with Crippen LogP contribution in [0.1, 0.15) is 107 Å². The number of urea groups is 1. The van der Waals surface area contributed by atoms with E-state index in [9.17, 15) is 47.9 Å². The first-order valence-electron chi connectivity index (χ1n) is 25.8. The van der Waals surface area contributed by atoms with Gasteiger partial charge in [0.05, 0.1) is 51.7 Å². The number of carboxylic acid groups (broad SMARTS) is 1. The van der Waals surface area contributed by atoms with Crippen LogP contribution in [0.4, 0.5) is 10.5 Å². The number of nitrogens with zero attached hydrogens (tertiary/aromatic N) is 2. The van der Waals surface area contributed by atoms with Crippen LogP contribution in [0.5, 0.6) is 11.5 Å². The number of rotatable bonds is 32. The molecule has 1 atom stereocenters. The lowest BCUT2D eigenvalue weighted by Gasteiger charge is -2.19. The van der Waals surface area contributed by atoms with Crippen LogP contribution in [-0.2, 0) is 78.7 Å². The number of amides is 8. The third-order valence-corrected chi connectivity index (χ3v) is 13.9. The maximum atomic E-state index is 13.3. The van der Waals surface area contributed by atoms with Gasteiger partial charge in [-0.15, -0.1) is 11.3 Å². The predicted molar refractivity (Wildman–Crippen MR) is 286 cm³/mol. The number of nitrogens with two attached hydrogens (primary N) is 1.